The number of hydrogen-bond acceptors (Lipinski definition) is 6. The van der Waals surface area contributed by atoms with E-state index in [9.17, 15) is 14.7 Å². The molecule has 1 N–H and O–H groups in total. The van der Waals surface area contributed by atoms with Crippen molar-refractivity contribution in [1.29, 1.82) is 0 Å². The zero-order chi connectivity index (χ0) is 26.6. The third-order valence-electron chi connectivity index (χ3n) is 4.99. The Kier molecular flexibility index (Phi) is 15.8. The molecule has 0 bridgehead atoms. The van der Waals surface area contributed by atoms with Crippen LogP contribution in [0.2, 0.25) is 0 Å². The van der Waals surface area contributed by atoms with Crippen molar-refractivity contribution in [2.45, 2.75) is 67.2 Å². The Labute approximate surface area is 240 Å². The molecule has 1 heterocycles. The minimum Gasteiger partial charge on any atom is -0.569 e. The molecule has 2 rings (SSSR count). The van der Waals surface area contributed by atoms with E-state index in [-0.39, 0.29) is 49.9 Å². The molecular formula is C28H40NO6Y-. The minimum absolute atomic E-state index is 0. The summed E-state index contributed by atoms with van der Waals surface area (Å²) in [5.41, 5.74) is 3.01. The van der Waals surface area contributed by atoms with Crippen molar-refractivity contribution in [3.63, 3.8) is 0 Å². The van der Waals surface area contributed by atoms with E-state index in [1.165, 1.54) is 18.7 Å². The Morgan fingerprint density at radius 3 is 2.28 bits per heavy atom. The molecule has 1 unspecified atom stereocenters. The molecule has 0 aliphatic carbocycles. The first-order valence-corrected chi connectivity index (χ1v) is 11.9. The van der Waals surface area contributed by atoms with Gasteiger partial charge in [0.05, 0.1) is 6.61 Å². The van der Waals surface area contributed by atoms with Crippen LogP contribution in [-0.4, -0.2) is 24.6 Å². The molecule has 2 aromatic rings. The smallest absolute Gasteiger partial charge is 0.350 e. The minimum atomic E-state index is -0.795. The molecule has 1 radical (unpaired) electrons. The summed E-state index contributed by atoms with van der Waals surface area (Å²) in [6, 6.07) is 9.51. The summed E-state index contributed by atoms with van der Waals surface area (Å²) in [6.45, 7) is 14.1. The van der Waals surface area contributed by atoms with Gasteiger partial charge in [0.2, 0.25) is 0 Å². The van der Waals surface area contributed by atoms with Gasteiger partial charge in [0.25, 0.3) is 0 Å². The molecule has 0 saturated carbocycles. The Morgan fingerprint density at radius 1 is 1.17 bits per heavy atom. The van der Waals surface area contributed by atoms with E-state index in [1.807, 2.05) is 25.1 Å². The van der Waals surface area contributed by atoms with Crippen LogP contribution >= 0.6 is 0 Å². The average molecular weight is 576 g/mol. The van der Waals surface area contributed by atoms with Gasteiger partial charge in [-0.15, -0.1) is 6.08 Å². The van der Waals surface area contributed by atoms with Gasteiger partial charge in [-0.1, -0.05) is 59.2 Å². The maximum atomic E-state index is 12.2. The summed E-state index contributed by atoms with van der Waals surface area (Å²) >= 11 is 0. The number of ketones is 1. The summed E-state index contributed by atoms with van der Waals surface area (Å²) in [7, 11) is 1.46. The standard InChI is InChI=1S/C17H24NO5.C11H16O.Y/c1-11(8-6-7-9-18-22-5)13-10-12(19)14(16(21)23-13)15(20)17(2,3)4;1-9(2)8-12-11-6-4-10(3)5-7-11;/h7,9-11H,6,8H2,1-5H3,(H,19,20,21);4-7,9H,8H2,1-3H3;/q-1;;/b9-7-;;. The van der Waals surface area contributed by atoms with E-state index in [4.69, 9.17) is 9.15 Å². The maximum absolute atomic E-state index is 12.2. The zero-order valence-corrected chi connectivity index (χ0v) is 25.7. The monoisotopic (exact) mass is 575 g/mol. The van der Waals surface area contributed by atoms with Gasteiger partial charge in [-0.2, -0.15) is 6.20 Å². The van der Waals surface area contributed by atoms with Crippen molar-refractivity contribution in [2.24, 2.45) is 11.3 Å². The van der Waals surface area contributed by atoms with Crippen molar-refractivity contribution in [1.82, 2.24) is 0 Å². The molecule has 1 atom stereocenters. The normalized spacial score (nSPS) is 11.9. The topological polar surface area (TPSA) is 100 Å². The number of rotatable bonds is 10. The predicted molar refractivity (Wildman–Crippen MR) is 139 cm³/mol. The molecule has 0 fully saturated rings. The van der Waals surface area contributed by atoms with Crippen molar-refractivity contribution >= 4 is 5.78 Å². The van der Waals surface area contributed by atoms with Crippen LogP contribution in [0.3, 0.4) is 0 Å². The van der Waals surface area contributed by atoms with Crippen LogP contribution in [-0.2, 0) is 37.5 Å². The second kappa shape index (κ2) is 16.7. The van der Waals surface area contributed by atoms with Crippen LogP contribution in [0.15, 0.2) is 51.8 Å². The predicted octanol–water partition coefficient (Wildman–Crippen LogP) is 6.93. The number of allylic oxidation sites excluding steroid dienone is 1. The molecule has 0 amide bonds. The zero-order valence-electron chi connectivity index (χ0n) is 22.8. The second-order valence-electron chi connectivity index (χ2n) is 9.94. The summed E-state index contributed by atoms with van der Waals surface area (Å²) in [5, 5.41) is 10.1. The Balaban J connectivity index is 0.000000794. The van der Waals surface area contributed by atoms with E-state index < -0.39 is 16.8 Å². The fourth-order valence-electron chi connectivity index (χ4n) is 2.89. The quantitative estimate of drug-likeness (QED) is 0.244. The molecule has 197 valence electrons. The van der Waals surface area contributed by atoms with Gasteiger partial charge in [0.15, 0.2) is 5.78 Å². The van der Waals surface area contributed by atoms with Crippen LogP contribution in [0, 0.1) is 18.3 Å². The molecule has 7 nitrogen and oxygen atoms in total. The Bertz CT molecular complexity index is 1010. The van der Waals surface area contributed by atoms with Crippen molar-refractivity contribution in [3.8, 4) is 11.5 Å². The summed E-state index contributed by atoms with van der Waals surface area (Å²) in [4.78, 5) is 28.8. The molecule has 0 aliphatic heterocycles. The average Bonchev–Trinajstić information content (AvgIpc) is 2.77. The van der Waals surface area contributed by atoms with Gasteiger partial charge >= 0.3 is 5.63 Å². The molecule has 0 spiro atoms. The van der Waals surface area contributed by atoms with E-state index in [1.54, 1.807) is 27.0 Å². The molecular weight excluding hydrogens is 535 g/mol. The van der Waals surface area contributed by atoms with Gasteiger partial charge in [0, 0.05) is 57.2 Å². The Hall–Kier alpha value is -1.96. The number of aromatic hydroxyl groups is 1. The van der Waals surface area contributed by atoms with Crippen LogP contribution in [0.5, 0.6) is 11.5 Å². The number of Topliss-reactive ketones (excluding diaryl/α,β-unsaturated/α-hetero) is 1. The van der Waals surface area contributed by atoms with Gasteiger partial charge in [-0.05, 0) is 37.8 Å². The van der Waals surface area contributed by atoms with Gasteiger partial charge < -0.3 is 24.6 Å². The number of hydroxylamine groups is 1. The largest absolute Gasteiger partial charge is 0.569 e. The maximum Gasteiger partial charge on any atom is 0.350 e. The molecule has 1 aromatic heterocycles. The van der Waals surface area contributed by atoms with Crippen molar-refractivity contribution in [3.05, 3.63) is 75.4 Å². The van der Waals surface area contributed by atoms with Gasteiger partial charge in [0.1, 0.15) is 22.8 Å². The third-order valence-corrected chi connectivity index (χ3v) is 4.99. The van der Waals surface area contributed by atoms with Crippen molar-refractivity contribution < 1.29 is 56.6 Å². The number of hydrogen-bond donors (Lipinski definition) is 1. The Morgan fingerprint density at radius 2 is 1.78 bits per heavy atom. The van der Waals surface area contributed by atoms with Crippen LogP contribution in [0.1, 0.15) is 82.0 Å². The summed E-state index contributed by atoms with van der Waals surface area (Å²) < 4.78 is 10.8. The number of carbonyl (C=O) groups is 1. The van der Waals surface area contributed by atoms with E-state index in [2.05, 4.69) is 43.2 Å². The first kappa shape index (κ1) is 34.0. The fraction of sp³-hybridized carbons (Fsp3) is 0.500. The van der Waals surface area contributed by atoms with Crippen molar-refractivity contribution in [2.75, 3.05) is 13.7 Å². The third kappa shape index (κ3) is 12.3. The number of ether oxygens (including phenoxy) is 1. The molecule has 0 aliphatic rings. The molecule has 1 aromatic carbocycles. The van der Waals surface area contributed by atoms with Crippen LogP contribution < -0.4 is 10.4 Å². The fourth-order valence-corrected chi connectivity index (χ4v) is 2.89. The number of benzene rings is 1. The summed E-state index contributed by atoms with van der Waals surface area (Å²) in [6.07, 6.45) is 4.78. The molecule has 8 heteroatoms. The van der Waals surface area contributed by atoms with E-state index >= 15 is 0 Å². The first-order chi connectivity index (χ1) is 16.4. The number of aryl methyl sites for hydroxylation is 1. The molecule has 36 heavy (non-hydrogen) atoms. The van der Waals surface area contributed by atoms with Crippen LogP contribution in [0.25, 0.3) is 5.48 Å². The molecule has 0 saturated heterocycles. The summed E-state index contributed by atoms with van der Waals surface area (Å²) in [5.74, 6) is 1.07. The second-order valence-corrected chi connectivity index (χ2v) is 9.94. The van der Waals surface area contributed by atoms with E-state index in [0.29, 0.717) is 24.5 Å². The van der Waals surface area contributed by atoms with Gasteiger partial charge in [-0.25, -0.2) is 4.79 Å². The van der Waals surface area contributed by atoms with Crippen LogP contribution in [0.4, 0.5) is 0 Å². The first-order valence-electron chi connectivity index (χ1n) is 11.9. The van der Waals surface area contributed by atoms with E-state index in [0.717, 1.165) is 12.4 Å². The van der Waals surface area contributed by atoms with Gasteiger partial charge in [-0.3, -0.25) is 4.79 Å². The number of nitrogens with zero attached hydrogens (tertiary/aromatic N) is 1. The number of carbonyl (C=O) groups excluding carboxylic acids is 1. The SMILES string of the molecule is CO[N-]/C=C\CCC(C)c1cc(O)c(C(=O)C(C)(C)C)c(=O)o1.Cc1ccc(OCC(C)C)cc1.[Y].